The number of hydrogen-bond acceptors (Lipinski definition) is 4. The first kappa shape index (κ1) is 19.2. The lowest BCUT2D eigenvalue weighted by atomic mass is 9.77. The predicted molar refractivity (Wildman–Crippen MR) is 97.8 cm³/mol. The van der Waals surface area contributed by atoms with E-state index in [4.69, 9.17) is 16.3 Å². The number of methoxy groups -OCH3 is 1. The zero-order valence-electron chi connectivity index (χ0n) is 15.3. The molecule has 3 rings (SSSR count). The van der Waals surface area contributed by atoms with Gasteiger partial charge in [0.2, 0.25) is 11.8 Å². The second-order valence-electron chi connectivity index (χ2n) is 7.39. The Morgan fingerprint density at radius 1 is 1.35 bits per heavy atom. The Balaban J connectivity index is 1.44. The van der Waals surface area contributed by atoms with Crippen molar-refractivity contribution in [3.05, 3.63) is 17.4 Å². The van der Waals surface area contributed by atoms with Crippen molar-refractivity contribution in [1.82, 2.24) is 19.6 Å². The second kappa shape index (κ2) is 8.39. The lowest BCUT2D eigenvalue weighted by Crippen LogP contribution is -2.44. The van der Waals surface area contributed by atoms with Gasteiger partial charge in [0, 0.05) is 70.9 Å². The first-order chi connectivity index (χ1) is 12.5. The molecule has 3 heterocycles. The third-order valence-corrected chi connectivity index (χ3v) is 5.71. The lowest BCUT2D eigenvalue weighted by molar-refractivity contribution is -0.133. The van der Waals surface area contributed by atoms with Crippen molar-refractivity contribution in [2.75, 3.05) is 39.9 Å². The fourth-order valence-electron chi connectivity index (χ4n) is 3.98. The van der Waals surface area contributed by atoms with Crippen LogP contribution < -0.4 is 0 Å². The molecular weight excluding hydrogens is 356 g/mol. The predicted octanol–water partition coefficient (Wildman–Crippen LogP) is 1.80. The summed E-state index contributed by atoms with van der Waals surface area (Å²) in [6, 6.07) is 0. The van der Waals surface area contributed by atoms with Crippen LogP contribution in [0.1, 0.15) is 32.1 Å². The van der Waals surface area contributed by atoms with Gasteiger partial charge < -0.3 is 14.5 Å². The zero-order valence-corrected chi connectivity index (χ0v) is 16.1. The van der Waals surface area contributed by atoms with Gasteiger partial charge in [0.15, 0.2) is 0 Å². The van der Waals surface area contributed by atoms with Gasteiger partial charge in [-0.2, -0.15) is 5.10 Å². The number of hydrogen-bond donors (Lipinski definition) is 0. The Hall–Kier alpha value is -1.60. The second-order valence-corrected chi connectivity index (χ2v) is 7.83. The maximum Gasteiger partial charge on any atom is 0.224 e. The monoisotopic (exact) mass is 382 g/mol. The third kappa shape index (κ3) is 4.57. The minimum atomic E-state index is 0.0520. The quantitative estimate of drug-likeness (QED) is 0.674. The number of rotatable bonds is 7. The van der Waals surface area contributed by atoms with E-state index in [1.165, 1.54) is 0 Å². The molecule has 2 aliphatic rings. The van der Waals surface area contributed by atoms with Gasteiger partial charge in [-0.1, -0.05) is 11.6 Å². The van der Waals surface area contributed by atoms with Crippen molar-refractivity contribution in [2.24, 2.45) is 5.41 Å². The van der Waals surface area contributed by atoms with Crippen LogP contribution in [0.4, 0.5) is 0 Å². The number of carbonyl (C=O) groups is 2. The van der Waals surface area contributed by atoms with Crippen LogP contribution in [-0.4, -0.2) is 71.3 Å². The molecule has 0 aromatic carbocycles. The van der Waals surface area contributed by atoms with Crippen LogP contribution in [0.15, 0.2) is 12.4 Å². The van der Waals surface area contributed by atoms with E-state index in [0.29, 0.717) is 31.0 Å². The molecule has 0 unspecified atom stereocenters. The summed E-state index contributed by atoms with van der Waals surface area (Å²) in [7, 11) is 1.68. The summed E-state index contributed by atoms with van der Waals surface area (Å²) < 4.78 is 6.77. The Morgan fingerprint density at radius 3 is 2.77 bits per heavy atom. The van der Waals surface area contributed by atoms with Crippen molar-refractivity contribution in [2.45, 2.75) is 38.6 Å². The van der Waals surface area contributed by atoms with Gasteiger partial charge >= 0.3 is 0 Å². The fourth-order valence-corrected chi connectivity index (χ4v) is 4.14. The summed E-state index contributed by atoms with van der Waals surface area (Å²) in [5, 5.41) is 4.68. The highest BCUT2D eigenvalue weighted by molar-refractivity contribution is 6.30. The maximum absolute atomic E-state index is 12.4. The normalized spacial score (nSPS) is 19.5. The topological polar surface area (TPSA) is 67.7 Å². The van der Waals surface area contributed by atoms with E-state index < -0.39 is 0 Å². The van der Waals surface area contributed by atoms with Gasteiger partial charge in [-0.05, 0) is 19.3 Å². The standard InChI is InChI=1S/C18H27ClN4O3/c1-26-10-2-6-22-14-18(11-17(22)25)4-8-21(9-5-18)16(24)3-7-23-13-15(19)12-20-23/h12-13H,2-11,14H2,1H3. The molecule has 2 amide bonds. The maximum atomic E-state index is 12.4. The van der Waals surface area contributed by atoms with Crippen LogP contribution in [0.3, 0.4) is 0 Å². The summed E-state index contributed by atoms with van der Waals surface area (Å²) in [6.45, 7) is 4.28. The van der Waals surface area contributed by atoms with E-state index in [1.54, 1.807) is 24.2 Å². The zero-order chi connectivity index (χ0) is 18.6. The lowest BCUT2D eigenvalue weighted by Gasteiger charge is -2.39. The largest absolute Gasteiger partial charge is 0.385 e. The SMILES string of the molecule is COCCCN1CC2(CCN(C(=O)CCn3cc(Cl)cn3)CC2)CC1=O. The summed E-state index contributed by atoms with van der Waals surface area (Å²) >= 11 is 5.84. The minimum Gasteiger partial charge on any atom is -0.385 e. The van der Waals surface area contributed by atoms with Crippen LogP contribution in [0.2, 0.25) is 5.02 Å². The third-order valence-electron chi connectivity index (χ3n) is 5.52. The van der Waals surface area contributed by atoms with Crippen molar-refractivity contribution in [1.29, 1.82) is 0 Å². The Bertz CT molecular complexity index is 640. The number of aromatic nitrogens is 2. The number of ether oxygens (including phenoxy) is 1. The summed E-state index contributed by atoms with van der Waals surface area (Å²) in [5.74, 6) is 0.393. The molecule has 1 aromatic rings. The van der Waals surface area contributed by atoms with Gasteiger partial charge in [0.05, 0.1) is 11.2 Å². The molecule has 2 fully saturated rings. The summed E-state index contributed by atoms with van der Waals surface area (Å²) in [6.07, 6.45) is 7.02. The fraction of sp³-hybridized carbons (Fsp3) is 0.722. The highest BCUT2D eigenvalue weighted by Gasteiger charge is 2.45. The number of likely N-dealkylation sites (tertiary alicyclic amines) is 2. The number of aryl methyl sites for hydroxylation is 1. The van der Waals surface area contributed by atoms with Crippen LogP contribution in [-0.2, 0) is 20.9 Å². The molecule has 0 radical (unpaired) electrons. The van der Waals surface area contributed by atoms with Gasteiger partial charge in [-0.25, -0.2) is 0 Å². The molecule has 0 saturated carbocycles. The van der Waals surface area contributed by atoms with E-state index >= 15 is 0 Å². The Labute approximate surface area is 159 Å². The molecule has 1 aromatic heterocycles. The van der Waals surface area contributed by atoms with Crippen molar-refractivity contribution in [3.63, 3.8) is 0 Å². The van der Waals surface area contributed by atoms with Crippen molar-refractivity contribution < 1.29 is 14.3 Å². The van der Waals surface area contributed by atoms with Gasteiger partial charge in [0.1, 0.15) is 0 Å². The molecule has 8 heteroatoms. The first-order valence-electron chi connectivity index (χ1n) is 9.24. The van der Waals surface area contributed by atoms with E-state index in [2.05, 4.69) is 5.10 Å². The molecule has 1 spiro atoms. The number of halogens is 1. The molecule has 0 atom stereocenters. The van der Waals surface area contributed by atoms with Crippen molar-refractivity contribution in [3.8, 4) is 0 Å². The molecule has 2 saturated heterocycles. The molecule has 0 aliphatic carbocycles. The van der Waals surface area contributed by atoms with E-state index in [1.807, 2.05) is 9.80 Å². The van der Waals surface area contributed by atoms with Gasteiger partial charge in [0.25, 0.3) is 0 Å². The van der Waals surface area contributed by atoms with Crippen LogP contribution in [0.5, 0.6) is 0 Å². The molecule has 144 valence electrons. The van der Waals surface area contributed by atoms with Crippen LogP contribution in [0, 0.1) is 5.41 Å². The highest BCUT2D eigenvalue weighted by atomic mass is 35.5. The number of piperidine rings is 1. The van der Waals surface area contributed by atoms with Crippen molar-refractivity contribution >= 4 is 23.4 Å². The molecule has 2 aliphatic heterocycles. The van der Waals surface area contributed by atoms with E-state index in [9.17, 15) is 9.59 Å². The number of nitrogens with zero attached hydrogens (tertiary/aromatic N) is 4. The van der Waals surface area contributed by atoms with Gasteiger partial charge in [-0.15, -0.1) is 0 Å². The smallest absolute Gasteiger partial charge is 0.224 e. The molecule has 0 N–H and O–H groups in total. The first-order valence-corrected chi connectivity index (χ1v) is 9.62. The molecular formula is C18H27ClN4O3. The van der Waals surface area contributed by atoms with E-state index in [0.717, 1.165) is 45.4 Å². The van der Waals surface area contributed by atoms with Crippen LogP contribution >= 0.6 is 11.6 Å². The average molecular weight is 383 g/mol. The Kier molecular flexibility index (Phi) is 6.19. The minimum absolute atomic E-state index is 0.0520. The molecule has 26 heavy (non-hydrogen) atoms. The molecule has 0 bridgehead atoms. The Morgan fingerprint density at radius 2 is 2.12 bits per heavy atom. The van der Waals surface area contributed by atoms with E-state index in [-0.39, 0.29) is 17.2 Å². The van der Waals surface area contributed by atoms with Crippen LogP contribution in [0.25, 0.3) is 0 Å². The van der Waals surface area contributed by atoms with Gasteiger partial charge in [-0.3, -0.25) is 14.3 Å². The molecule has 7 nitrogen and oxygen atoms in total. The average Bonchev–Trinajstić information content (AvgIpc) is 3.17. The summed E-state index contributed by atoms with van der Waals surface area (Å²) in [4.78, 5) is 28.6. The number of amides is 2. The highest BCUT2D eigenvalue weighted by Crippen LogP contribution is 2.41. The summed E-state index contributed by atoms with van der Waals surface area (Å²) in [5.41, 5.74) is 0.0520. The number of carbonyl (C=O) groups excluding carboxylic acids is 2.